The molecular weight excluding hydrogens is 264 g/mol. The van der Waals surface area contributed by atoms with E-state index in [4.69, 9.17) is 4.74 Å². The van der Waals surface area contributed by atoms with E-state index in [0.29, 0.717) is 11.3 Å². The molecule has 1 aliphatic heterocycles. The van der Waals surface area contributed by atoms with E-state index in [0.717, 1.165) is 23.8 Å². The smallest absolute Gasteiger partial charge is 0.343 e. The molecule has 1 atom stereocenters. The molecule has 19 heavy (non-hydrogen) atoms. The van der Waals surface area contributed by atoms with Gasteiger partial charge in [0.15, 0.2) is 0 Å². The summed E-state index contributed by atoms with van der Waals surface area (Å²) in [6, 6.07) is 0.0911. The summed E-state index contributed by atoms with van der Waals surface area (Å²) in [5.41, 5.74) is 1.20. The van der Waals surface area contributed by atoms with Crippen molar-refractivity contribution < 1.29 is 9.53 Å². The van der Waals surface area contributed by atoms with E-state index in [9.17, 15) is 4.79 Å². The van der Waals surface area contributed by atoms with Crippen molar-refractivity contribution in [2.75, 3.05) is 19.0 Å². The Bertz CT molecular complexity index is 606. The molecule has 100 valence electrons. The fraction of sp³-hybridized carbons (Fsp3) is 0.417. The molecule has 2 aromatic heterocycles. The van der Waals surface area contributed by atoms with Gasteiger partial charge in [-0.15, -0.1) is 11.3 Å². The predicted molar refractivity (Wildman–Crippen MR) is 71.7 cm³/mol. The number of hydrogen-bond donors (Lipinski definition) is 1. The van der Waals surface area contributed by atoms with Crippen LogP contribution in [0.15, 0.2) is 11.6 Å². The molecule has 0 aromatic carbocycles. The van der Waals surface area contributed by atoms with Crippen LogP contribution in [-0.4, -0.2) is 34.4 Å². The lowest BCUT2D eigenvalue weighted by Crippen LogP contribution is -2.25. The Balaban J connectivity index is 2.09. The molecule has 7 heteroatoms. The van der Waals surface area contributed by atoms with Crippen LogP contribution in [-0.2, 0) is 4.74 Å². The van der Waals surface area contributed by atoms with Crippen LogP contribution >= 0.6 is 11.3 Å². The number of fused-ring (bicyclic) bond motifs is 1. The first-order chi connectivity index (χ1) is 9.22. The van der Waals surface area contributed by atoms with Crippen molar-refractivity contribution in [3.05, 3.63) is 27.8 Å². The number of ether oxygens (including phenoxy) is 1. The summed E-state index contributed by atoms with van der Waals surface area (Å²) < 4.78 is 6.67. The molecule has 0 saturated heterocycles. The number of rotatable bonds is 2. The van der Waals surface area contributed by atoms with Crippen molar-refractivity contribution in [2.24, 2.45) is 0 Å². The summed E-state index contributed by atoms with van der Waals surface area (Å²) in [6.45, 7) is 2.61. The minimum absolute atomic E-state index is 0.0911. The lowest BCUT2D eigenvalue weighted by atomic mass is 10.1. The summed E-state index contributed by atoms with van der Waals surface area (Å²) in [6.07, 6.45) is 2.70. The fourth-order valence-corrected chi connectivity index (χ4v) is 3.12. The average molecular weight is 278 g/mol. The van der Waals surface area contributed by atoms with E-state index in [1.54, 1.807) is 17.5 Å². The van der Waals surface area contributed by atoms with Crippen LogP contribution in [0.3, 0.4) is 0 Å². The highest BCUT2D eigenvalue weighted by molar-refractivity contribution is 7.09. The number of carbonyl (C=O) groups excluding carboxylic acids is 1. The van der Waals surface area contributed by atoms with E-state index >= 15 is 0 Å². The molecule has 0 amide bonds. The maximum absolute atomic E-state index is 11.8. The van der Waals surface area contributed by atoms with E-state index in [-0.39, 0.29) is 12.0 Å². The fourth-order valence-electron chi connectivity index (χ4n) is 2.37. The highest BCUT2D eigenvalue weighted by Gasteiger charge is 2.30. The van der Waals surface area contributed by atoms with Crippen molar-refractivity contribution in [1.82, 2.24) is 14.8 Å². The third-order valence-electron chi connectivity index (χ3n) is 3.22. The average Bonchev–Trinajstić information content (AvgIpc) is 3.03. The van der Waals surface area contributed by atoms with Crippen LogP contribution in [0.1, 0.15) is 33.5 Å². The van der Waals surface area contributed by atoms with Gasteiger partial charge in [-0.1, -0.05) is 0 Å². The Labute approximate surface area is 114 Å². The Morgan fingerprint density at radius 3 is 3.16 bits per heavy atom. The number of esters is 1. The Morgan fingerprint density at radius 1 is 1.63 bits per heavy atom. The van der Waals surface area contributed by atoms with E-state index in [1.165, 1.54) is 7.11 Å². The van der Waals surface area contributed by atoms with Gasteiger partial charge in [0.25, 0.3) is 0 Å². The molecule has 0 fully saturated rings. The van der Waals surface area contributed by atoms with E-state index < -0.39 is 0 Å². The highest BCUT2D eigenvalue weighted by Crippen LogP contribution is 2.33. The number of hydrogen-bond acceptors (Lipinski definition) is 6. The molecule has 1 unspecified atom stereocenters. The van der Waals surface area contributed by atoms with E-state index in [2.05, 4.69) is 15.4 Å². The largest absolute Gasteiger partial charge is 0.465 e. The molecule has 3 heterocycles. The minimum Gasteiger partial charge on any atom is -0.465 e. The molecule has 1 aliphatic rings. The van der Waals surface area contributed by atoms with Gasteiger partial charge in [-0.05, 0) is 13.3 Å². The van der Waals surface area contributed by atoms with Gasteiger partial charge in [0.05, 0.1) is 12.8 Å². The monoisotopic (exact) mass is 278 g/mol. The number of methoxy groups -OCH3 is 1. The number of nitrogens with zero attached hydrogens (tertiary/aromatic N) is 3. The van der Waals surface area contributed by atoms with Gasteiger partial charge in [-0.2, -0.15) is 5.10 Å². The second kappa shape index (κ2) is 4.65. The van der Waals surface area contributed by atoms with Crippen LogP contribution in [0, 0.1) is 6.92 Å². The zero-order valence-corrected chi connectivity index (χ0v) is 11.5. The number of aromatic nitrogens is 3. The molecule has 6 nitrogen and oxygen atoms in total. The van der Waals surface area contributed by atoms with Gasteiger partial charge in [0.2, 0.25) is 0 Å². The van der Waals surface area contributed by atoms with Gasteiger partial charge in [0.1, 0.15) is 22.4 Å². The first kappa shape index (κ1) is 12.2. The lowest BCUT2D eigenvalue weighted by molar-refractivity contribution is 0.0601. The zero-order valence-electron chi connectivity index (χ0n) is 10.7. The minimum atomic E-state index is -0.356. The predicted octanol–water partition coefficient (Wildman–Crippen LogP) is 1.84. The molecule has 0 saturated carbocycles. The second-order valence-corrected chi connectivity index (χ2v) is 5.27. The molecule has 0 spiro atoms. The summed E-state index contributed by atoms with van der Waals surface area (Å²) in [5, 5.41) is 10.7. The van der Waals surface area contributed by atoms with Crippen LogP contribution in [0.4, 0.5) is 5.82 Å². The third-order valence-corrected chi connectivity index (χ3v) is 4.09. The number of carbonyl (C=O) groups is 1. The van der Waals surface area contributed by atoms with Crippen molar-refractivity contribution in [2.45, 2.75) is 19.4 Å². The van der Waals surface area contributed by atoms with Gasteiger partial charge in [-0.25, -0.2) is 14.5 Å². The highest BCUT2D eigenvalue weighted by atomic mass is 32.1. The second-order valence-electron chi connectivity index (χ2n) is 4.35. The van der Waals surface area contributed by atoms with E-state index in [1.807, 2.05) is 17.0 Å². The standard InChI is InChI=1S/C12H14N4O2S/c1-7-9(12(17)18-2)10-13-4-3-8(16(10)15-7)11-14-5-6-19-11/h5-6,8,13H,3-4H2,1-2H3. The molecule has 0 radical (unpaired) electrons. The van der Waals surface area contributed by atoms with Crippen LogP contribution < -0.4 is 5.32 Å². The molecule has 3 rings (SSSR count). The third kappa shape index (κ3) is 1.90. The maximum atomic E-state index is 11.8. The Morgan fingerprint density at radius 2 is 2.47 bits per heavy atom. The quantitative estimate of drug-likeness (QED) is 0.849. The van der Waals surface area contributed by atoms with Crippen molar-refractivity contribution >= 4 is 23.1 Å². The van der Waals surface area contributed by atoms with Crippen LogP contribution in [0.2, 0.25) is 0 Å². The first-order valence-corrected chi connectivity index (χ1v) is 6.91. The molecule has 0 bridgehead atoms. The van der Waals surface area contributed by atoms with Crippen LogP contribution in [0.25, 0.3) is 0 Å². The van der Waals surface area contributed by atoms with Crippen molar-refractivity contribution in [3.8, 4) is 0 Å². The van der Waals surface area contributed by atoms with Gasteiger partial charge >= 0.3 is 5.97 Å². The Hall–Kier alpha value is -1.89. The topological polar surface area (TPSA) is 69.0 Å². The Kier molecular flexibility index (Phi) is 2.98. The summed E-state index contributed by atoms with van der Waals surface area (Å²) in [7, 11) is 1.38. The summed E-state index contributed by atoms with van der Waals surface area (Å²) in [4.78, 5) is 16.2. The molecular formula is C12H14N4O2S. The zero-order chi connectivity index (χ0) is 13.4. The number of nitrogens with one attached hydrogen (secondary N) is 1. The number of thiazole rings is 1. The SMILES string of the molecule is COC(=O)c1c(C)nn2c1NCCC2c1nccs1. The van der Waals surface area contributed by atoms with Gasteiger partial charge in [0, 0.05) is 18.1 Å². The summed E-state index contributed by atoms with van der Waals surface area (Å²) in [5.74, 6) is 0.377. The van der Waals surface area contributed by atoms with Crippen molar-refractivity contribution in [3.63, 3.8) is 0 Å². The molecule has 0 aliphatic carbocycles. The normalized spacial score (nSPS) is 17.7. The number of anilines is 1. The lowest BCUT2D eigenvalue weighted by Gasteiger charge is -2.24. The molecule has 1 N–H and O–H groups in total. The van der Waals surface area contributed by atoms with Crippen LogP contribution in [0.5, 0.6) is 0 Å². The maximum Gasteiger partial charge on any atom is 0.343 e. The first-order valence-electron chi connectivity index (χ1n) is 6.03. The van der Waals surface area contributed by atoms with Gasteiger partial charge < -0.3 is 10.1 Å². The summed E-state index contributed by atoms with van der Waals surface area (Å²) >= 11 is 1.61. The molecule has 2 aromatic rings. The number of aryl methyl sites for hydroxylation is 1. The van der Waals surface area contributed by atoms with Crippen molar-refractivity contribution in [1.29, 1.82) is 0 Å². The van der Waals surface area contributed by atoms with Gasteiger partial charge in [-0.3, -0.25) is 0 Å².